The number of ether oxygens (including phenoxy) is 1. The summed E-state index contributed by atoms with van der Waals surface area (Å²) in [7, 11) is 0. The van der Waals surface area contributed by atoms with Crippen LogP contribution in [0, 0.1) is 11.8 Å². The predicted molar refractivity (Wildman–Crippen MR) is 83.3 cm³/mol. The number of rotatable bonds is 2. The molecule has 0 aliphatic carbocycles. The van der Waals surface area contributed by atoms with E-state index < -0.39 is 0 Å². The number of nitrogens with one attached hydrogen (secondary N) is 1. The first kappa shape index (κ1) is 15.8. The zero-order valence-electron chi connectivity index (χ0n) is 12.0. The van der Waals surface area contributed by atoms with Crippen molar-refractivity contribution in [3.05, 3.63) is 34.3 Å². The molecular formula is C16H19ClN2O2. The van der Waals surface area contributed by atoms with Gasteiger partial charge in [-0.25, -0.2) is 0 Å². The van der Waals surface area contributed by atoms with Gasteiger partial charge in [-0.1, -0.05) is 23.4 Å². The molecule has 1 aliphatic heterocycles. The van der Waals surface area contributed by atoms with Crippen molar-refractivity contribution in [2.24, 2.45) is 5.73 Å². The monoisotopic (exact) mass is 306 g/mol. The molecule has 0 unspecified atom stereocenters. The Bertz CT molecular complexity index is 584. The number of amides is 1. The molecule has 0 aromatic heterocycles. The minimum Gasteiger partial charge on any atom is -0.381 e. The fourth-order valence-corrected chi connectivity index (χ4v) is 2.42. The van der Waals surface area contributed by atoms with E-state index in [9.17, 15) is 4.79 Å². The maximum atomic E-state index is 12.3. The molecule has 4 nitrogen and oxygen atoms in total. The average Bonchev–Trinajstić information content (AvgIpc) is 2.46. The second-order valence-corrected chi connectivity index (χ2v) is 5.73. The highest BCUT2D eigenvalue weighted by Gasteiger charge is 2.29. The minimum atomic E-state index is -0.222. The maximum absolute atomic E-state index is 12.3. The van der Waals surface area contributed by atoms with Gasteiger partial charge in [0.1, 0.15) is 0 Å². The smallest absolute Gasteiger partial charge is 0.251 e. The Labute approximate surface area is 130 Å². The van der Waals surface area contributed by atoms with E-state index in [0.29, 0.717) is 29.4 Å². The Morgan fingerprint density at radius 3 is 2.81 bits per heavy atom. The summed E-state index contributed by atoms with van der Waals surface area (Å²) in [5.41, 5.74) is 6.32. The zero-order valence-corrected chi connectivity index (χ0v) is 12.8. The summed E-state index contributed by atoms with van der Waals surface area (Å²) in [5.74, 6) is 5.49. The second-order valence-electron chi connectivity index (χ2n) is 5.33. The second kappa shape index (κ2) is 6.95. The van der Waals surface area contributed by atoms with Gasteiger partial charge in [-0.3, -0.25) is 4.79 Å². The molecule has 21 heavy (non-hydrogen) atoms. The number of benzene rings is 1. The van der Waals surface area contributed by atoms with Crippen LogP contribution in [0.2, 0.25) is 5.02 Å². The number of halogens is 1. The van der Waals surface area contributed by atoms with Gasteiger partial charge in [-0.2, -0.15) is 0 Å². The highest BCUT2D eigenvalue weighted by molar-refractivity contribution is 6.32. The SMILES string of the molecule is CC1(NC(=O)c2ccc(C#CCN)c(Cl)c2)CCOCC1. The molecule has 0 atom stereocenters. The summed E-state index contributed by atoms with van der Waals surface area (Å²) >= 11 is 6.14. The summed E-state index contributed by atoms with van der Waals surface area (Å²) in [6.07, 6.45) is 1.62. The van der Waals surface area contributed by atoms with Gasteiger partial charge in [-0.15, -0.1) is 0 Å². The first-order valence-electron chi connectivity index (χ1n) is 6.93. The van der Waals surface area contributed by atoms with E-state index in [4.69, 9.17) is 22.1 Å². The van der Waals surface area contributed by atoms with Gasteiger partial charge in [0.25, 0.3) is 5.91 Å². The van der Waals surface area contributed by atoms with E-state index in [1.807, 2.05) is 6.92 Å². The van der Waals surface area contributed by atoms with Crippen LogP contribution in [0.3, 0.4) is 0 Å². The van der Waals surface area contributed by atoms with Crippen LogP contribution in [0.25, 0.3) is 0 Å². The molecule has 1 heterocycles. The summed E-state index contributed by atoms with van der Waals surface area (Å²) < 4.78 is 5.33. The van der Waals surface area contributed by atoms with Gasteiger partial charge in [0.05, 0.1) is 11.6 Å². The summed E-state index contributed by atoms with van der Waals surface area (Å²) in [6.45, 7) is 3.66. The largest absolute Gasteiger partial charge is 0.381 e. The number of hydrogen-bond donors (Lipinski definition) is 2. The van der Waals surface area contributed by atoms with Crippen molar-refractivity contribution >= 4 is 17.5 Å². The highest BCUT2D eigenvalue weighted by atomic mass is 35.5. The standard InChI is InChI=1S/C16H19ClN2O2/c1-16(6-9-21-10-7-16)19-15(20)13-5-4-12(3-2-8-18)14(17)11-13/h4-5,11H,6-10,18H2,1H3,(H,19,20). The maximum Gasteiger partial charge on any atom is 0.251 e. The van der Waals surface area contributed by atoms with E-state index in [1.54, 1.807) is 18.2 Å². The molecule has 2 rings (SSSR count). The van der Waals surface area contributed by atoms with E-state index in [2.05, 4.69) is 17.2 Å². The molecule has 3 N–H and O–H groups in total. The molecule has 1 aromatic carbocycles. The molecule has 112 valence electrons. The Morgan fingerprint density at radius 1 is 1.48 bits per heavy atom. The molecule has 0 bridgehead atoms. The minimum absolute atomic E-state index is 0.125. The molecule has 0 radical (unpaired) electrons. The van der Waals surface area contributed by atoms with Crippen molar-refractivity contribution in [1.29, 1.82) is 0 Å². The van der Waals surface area contributed by atoms with E-state index in [0.717, 1.165) is 12.8 Å². The third-order valence-corrected chi connectivity index (χ3v) is 3.88. The van der Waals surface area contributed by atoms with E-state index in [1.165, 1.54) is 0 Å². The third kappa shape index (κ3) is 4.21. The normalized spacial score (nSPS) is 16.7. The first-order valence-corrected chi connectivity index (χ1v) is 7.31. The molecule has 5 heteroatoms. The molecule has 0 saturated carbocycles. The van der Waals surface area contributed by atoms with Crippen LogP contribution in [0.1, 0.15) is 35.7 Å². The highest BCUT2D eigenvalue weighted by Crippen LogP contribution is 2.22. The average molecular weight is 307 g/mol. The Morgan fingerprint density at radius 2 is 2.19 bits per heavy atom. The van der Waals surface area contributed by atoms with Crippen molar-refractivity contribution in [3.63, 3.8) is 0 Å². The molecular weight excluding hydrogens is 288 g/mol. The van der Waals surface area contributed by atoms with E-state index in [-0.39, 0.29) is 18.0 Å². The van der Waals surface area contributed by atoms with Crippen molar-refractivity contribution < 1.29 is 9.53 Å². The summed E-state index contributed by atoms with van der Waals surface area (Å²) in [6, 6.07) is 5.11. The van der Waals surface area contributed by atoms with Crippen molar-refractivity contribution in [2.75, 3.05) is 19.8 Å². The lowest BCUT2D eigenvalue weighted by molar-refractivity contribution is 0.0423. The van der Waals surface area contributed by atoms with Crippen LogP contribution < -0.4 is 11.1 Å². The molecule has 1 amide bonds. The lowest BCUT2D eigenvalue weighted by atomic mass is 9.92. The Kier molecular flexibility index (Phi) is 5.24. The lowest BCUT2D eigenvalue weighted by Gasteiger charge is -2.34. The number of carbonyl (C=O) groups is 1. The van der Waals surface area contributed by atoms with Gasteiger partial charge in [0.2, 0.25) is 0 Å². The molecule has 1 aromatic rings. The number of nitrogens with two attached hydrogens (primary N) is 1. The fraction of sp³-hybridized carbons (Fsp3) is 0.438. The van der Waals surface area contributed by atoms with Gasteiger partial charge < -0.3 is 15.8 Å². The van der Waals surface area contributed by atoms with Gasteiger partial charge >= 0.3 is 0 Å². The van der Waals surface area contributed by atoms with Gasteiger partial charge in [0.15, 0.2) is 0 Å². The van der Waals surface area contributed by atoms with Crippen LogP contribution in [-0.2, 0) is 4.74 Å². The molecule has 1 fully saturated rings. The van der Waals surface area contributed by atoms with Crippen LogP contribution >= 0.6 is 11.6 Å². The number of hydrogen-bond acceptors (Lipinski definition) is 3. The molecule has 1 aliphatic rings. The third-order valence-electron chi connectivity index (χ3n) is 3.57. The zero-order chi connectivity index (χ0) is 15.3. The van der Waals surface area contributed by atoms with Crippen molar-refractivity contribution in [3.8, 4) is 11.8 Å². The summed E-state index contributed by atoms with van der Waals surface area (Å²) in [4.78, 5) is 12.3. The van der Waals surface area contributed by atoms with Crippen LogP contribution in [-0.4, -0.2) is 31.2 Å². The van der Waals surface area contributed by atoms with Crippen LogP contribution in [0.15, 0.2) is 18.2 Å². The Hall–Kier alpha value is -1.54. The quantitative estimate of drug-likeness (QED) is 0.821. The first-order chi connectivity index (χ1) is 10.0. The Balaban J connectivity index is 2.11. The lowest BCUT2D eigenvalue weighted by Crippen LogP contribution is -2.49. The van der Waals surface area contributed by atoms with Crippen molar-refractivity contribution in [1.82, 2.24) is 5.32 Å². The van der Waals surface area contributed by atoms with Crippen LogP contribution in [0.4, 0.5) is 0 Å². The van der Waals surface area contributed by atoms with Gasteiger partial charge in [0, 0.05) is 29.9 Å². The predicted octanol–water partition coefficient (Wildman–Crippen LogP) is 1.95. The van der Waals surface area contributed by atoms with Gasteiger partial charge in [-0.05, 0) is 38.0 Å². The van der Waals surface area contributed by atoms with Crippen LogP contribution in [0.5, 0.6) is 0 Å². The molecule has 0 spiro atoms. The summed E-state index contributed by atoms with van der Waals surface area (Å²) in [5, 5.41) is 3.53. The van der Waals surface area contributed by atoms with E-state index >= 15 is 0 Å². The van der Waals surface area contributed by atoms with Crippen molar-refractivity contribution in [2.45, 2.75) is 25.3 Å². The fourth-order valence-electron chi connectivity index (χ4n) is 2.20. The molecule has 1 saturated heterocycles. The number of carbonyl (C=O) groups excluding carboxylic acids is 1. The topological polar surface area (TPSA) is 64.4 Å².